The molecular weight excluding hydrogens is 284 g/mol. The van der Waals surface area contributed by atoms with E-state index >= 15 is 0 Å². The molecule has 0 radical (unpaired) electrons. The van der Waals surface area contributed by atoms with Crippen LogP contribution in [0.15, 0.2) is 18.2 Å². The minimum atomic E-state index is 0.204. The van der Waals surface area contributed by atoms with Gasteiger partial charge in [-0.15, -0.1) is 0 Å². The number of hydrogen-bond donors (Lipinski definition) is 1. The number of methoxy groups -OCH3 is 1. The summed E-state index contributed by atoms with van der Waals surface area (Å²) in [7, 11) is 1.63. The van der Waals surface area contributed by atoms with Crippen LogP contribution in [-0.2, 0) is 0 Å². The fraction of sp³-hybridized carbons (Fsp3) is 0.647. The predicted octanol–water partition coefficient (Wildman–Crippen LogP) is 4.25. The van der Waals surface area contributed by atoms with Crippen molar-refractivity contribution in [2.24, 2.45) is 5.73 Å². The third kappa shape index (κ3) is 4.87. The van der Waals surface area contributed by atoms with E-state index in [1.54, 1.807) is 7.11 Å². The van der Waals surface area contributed by atoms with Gasteiger partial charge in [0.1, 0.15) is 5.75 Å². The van der Waals surface area contributed by atoms with Crippen LogP contribution in [0.4, 0.5) is 0 Å². The quantitative estimate of drug-likeness (QED) is 0.741. The standard InChI is InChI=1S/C17H29ClN2O/c1-5-7-10-20(13(3)6-2)16(12-19)14-8-9-17(21-4)15(18)11-14/h8-9,11,13,16H,5-7,10,12,19H2,1-4H3. The molecule has 120 valence electrons. The Labute approximate surface area is 134 Å². The van der Waals surface area contributed by atoms with E-state index in [0.717, 1.165) is 13.0 Å². The molecule has 0 saturated heterocycles. The van der Waals surface area contributed by atoms with Gasteiger partial charge >= 0.3 is 0 Å². The van der Waals surface area contributed by atoms with Crippen LogP contribution >= 0.6 is 11.6 Å². The maximum atomic E-state index is 6.27. The fourth-order valence-electron chi connectivity index (χ4n) is 2.61. The van der Waals surface area contributed by atoms with E-state index in [4.69, 9.17) is 22.1 Å². The number of rotatable bonds is 9. The first-order chi connectivity index (χ1) is 10.1. The Balaban J connectivity index is 3.03. The molecular formula is C17H29ClN2O. The lowest BCUT2D eigenvalue weighted by Gasteiger charge is -2.36. The van der Waals surface area contributed by atoms with Gasteiger partial charge in [0.15, 0.2) is 0 Å². The number of nitrogens with zero attached hydrogens (tertiary/aromatic N) is 1. The number of halogens is 1. The Bertz CT molecular complexity index is 425. The Morgan fingerprint density at radius 3 is 2.52 bits per heavy atom. The van der Waals surface area contributed by atoms with E-state index in [-0.39, 0.29) is 6.04 Å². The monoisotopic (exact) mass is 312 g/mol. The van der Waals surface area contributed by atoms with Crippen LogP contribution in [0.1, 0.15) is 51.6 Å². The van der Waals surface area contributed by atoms with Crippen LogP contribution in [-0.4, -0.2) is 31.1 Å². The molecule has 0 aliphatic carbocycles. The van der Waals surface area contributed by atoms with Gasteiger partial charge in [-0.2, -0.15) is 0 Å². The second-order valence-electron chi connectivity index (χ2n) is 5.49. The normalized spacial score (nSPS) is 14.2. The molecule has 0 heterocycles. The second kappa shape index (κ2) is 9.29. The molecule has 2 N–H and O–H groups in total. The molecule has 0 spiro atoms. The van der Waals surface area contributed by atoms with Crippen LogP contribution in [0.5, 0.6) is 5.75 Å². The van der Waals surface area contributed by atoms with Crippen LogP contribution in [0.3, 0.4) is 0 Å². The topological polar surface area (TPSA) is 38.5 Å². The Morgan fingerprint density at radius 2 is 2.05 bits per heavy atom. The lowest BCUT2D eigenvalue weighted by atomic mass is 10.0. The number of unbranched alkanes of at least 4 members (excludes halogenated alkanes) is 1. The van der Waals surface area contributed by atoms with E-state index in [0.29, 0.717) is 23.4 Å². The van der Waals surface area contributed by atoms with Gasteiger partial charge in [0.25, 0.3) is 0 Å². The molecule has 0 amide bonds. The van der Waals surface area contributed by atoms with Gasteiger partial charge in [-0.25, -0.2) is 0 Å². The zero-order valence-corrected chi connectivity index (χ0v) is 14.5. The zero-order valence-electron chi connectivity index (χ0n) is 13.7. The molecule has 1 rings (SSSR count). The molecule has 0 saturated carbocycles. The van der Waals surface area contributed by atoms with Crippen molar-refractivity contribution in [2.75, 3.05) is 20.2 Å². The molecule has 0 fully saturated rings. The van der Waals surface area contributed by atoms with Crippen molar-refractivity contribution >= 4 is 11.6 Å². The largest absolute Gasteiger partial charge is 0.495 e. The average Bonchev–Trinajstić information content (AvgIpc) is 2.50. The Hall–Kier alpha value is -0.770. The third-order valence-electron chi connectivity index (χ3n) is 4.11. The fourth-order valence-corrected chi connectivity index (χ4v) is 2.88. The van der Waals surface area contributed by atoms with E-state index < -0.39 is 0 Å². The SMILES string of the molecule is CCCCN(C(C)CC)C(CN)c1ccc(OC)c(Cl)c1. The first-order valence-electron chi connectivity index (χ1n) is 7.88. The van der Waals surface area contributed by atoms with Crippen molar-refractivity contribution < 1.29 is 4.74 Å². The van der Waals surface area contributed by atoms with E-state index in [2.05, 4.69) is 31.7 Å². The number of hydrogen-bond acceptors (Lipinski definition) is 3. The molecule has 2 unspecified atom stereocenters. The van der Waals surface area contributed by atoms with Crippen molar-refractivity contribution in [3.63, 3.8) is 0 Å². The van der Waals surface area contributed by atoms with Crippen molar-refractivity contribution in [3.8, 4) is 5.75 Å². The van der Waals surface area contributed by atoms with Crippen LogP contribution in [0, 0.1) is 0 Å². The maximum absolute atomic E-state index is 6.27. The summed E-state index contributed by atoms with van der Waals surface area (Å²) in [6, 6.07) is 6.69. The van der Waals surface area contributed by atoms with Gasteiger partial charge in [0.05, 0.1) is 12.1 Å². The second-order valence-corrected chi connectivity index (χ2v) is 5.90. The molecule has 4 heteroatoms. The lowest BCUT2D eigenvalue weighted by molar-refractivity contribution is 0.141. The van der Waals surface area contributed by atoms with Gasteiger partial charge in [-0.1, -0.05) is 37.9 Å². The van der Waals surface area contributed by atoms with Gasteiger partial charge in [0.2, 0.25) is 0 Å². The highest BCUT2D eigenvalue weighted by molar-refractivity contribution is 6.32. The van der Waals surface area contributed by atoms with Gasteiger partial charge in [0, 0.05) is 18.6 Å². The molecule has 0 aromatic heterocycles. The minimum absolute atomic E-state index is 0.204. The van der Waals surface area contributed by atoms with E-state index in [1.165, 1.54) is 18.4 Å². The average molecular weight is 313 g/mol. The predicted molar refractivity (Wildman–Crippen MR) is 91.2 cm³/mol. The first-order valence-corrected chi connectivity index (χ1v) is 8.25. The summed E-state index contributed by atoms with van der Waals surface area (Å²) in [5.74, 6) is 0.708. The molecule has 1 aromatic rings. The minimum Gasteiger partial charge on any atom is -0.495 e. The number of nitrogens with two attached hydrogens (primary N) is 1. The highest BCUT2D eigenvalue weighted by atomic mass is 35.5. The van der Waals surface area contributed by atoms with Crippen molar-refractivity contribution in [1.82, 2.24) is 4.90 Å². The molecule has 0 bridgehead atoms. The number of ether oxygens (including phenoxy) is 1. The zero-order chi connectivity index (χ0) is 15.8. The molecule has 0 aliphatic heterocycles. The van der Waals surface area contributed by atoms with Crippen molar-refractivity contribution in [2.45, 2.75) is 52.1 Å². The Morgan fingerprint density at radius 1 is 1.33 bits per heavy atom. The molecule has 3 nitrogen and oxygen atoms in total. The smallest absolute Gasteiger partial charge is 0.137 e. The van der Waals surface area contributed by atoms with Gasteiger partial charge in [-0.05, 0) is 44.0 Å². The summed E-state index contributed by atoms with van der Waals surface area (Å²) >= 11 is 6.27. The van der Waals surface area contributed by atoms with E-state index in [9.17, 15) is 0 Å². The highest BCUT2D eigenvalue weighted by Crippen LogP contribution is 2.31. The molecule has 21 heavy (non-hydrogen) atoms. The lowest BCUT2D eigenvalue weighted by Crippen LogP contribution is -2.40. The van der Waals surface area contributed by atoms with Crippen LogP contribution in [0.25, 0.3) is 0 Å². The molecule has 2 atom stereocenters. The Kier molecular flexibility index (Phi) is 8.09. The highest BCUT2D eigenvalue weighted by Gasteiger charge is 2.23. The summed E-state index contributed by atoms with van der Waals surface area (Å²) in [6.07, 6.45) is 3.49. The summed E-state index contributed by atoms with van der Waals surface area (Å²) in [5.41, 5.74) is 7.24. The summed E-state index contributed by atoms with van der Waals surface area (Å²) < 4.78 is 5.23. The third-order valence-corrected chi connectivity index (χ3v) is 4.41. The number of benzene rings is 1. The summed E-state index contributed by atoms with van der Waals surface area (Å²) in [5, 5.41) is 0.646. The van der Waals surface area contributed by atoms with Crippen LogP contribution < -0.4 is 10.5 Å². The van der Waals surface area contributed by atoms with Crippen molar-refractivity contribution in [1.29, 1.82) is 0 Å². The summed E-state index contributed by atoms with van der Waals surface area (Å²) in [6.45, 7) is 8.37. The maximum Gasteiger partial charge on any atom is 0.137 e. The van der Waals surface area contributed by atoms with Gasteiger partial charge < -0.3 is 10.5 Å². The first kappa shape index (κ1) is 18.3. The van der Waals surface area contributed by atoms with E-state index in [1.807, 2.05) is 12.1 Å². The van der Waals surface area contributed by atoms with Gasteiger partial charge in [-0.3, -0.25) is 4.90 Å². The summed E-state index contributed by atoms with van der Waals surface area (Å²) in [4.78, 5) is 2.50. The molecule has 0 aliphatic rings. The van der Waals surface area contributed by atoms with Crippen LogP contribution in [0.2, 0.25) is 5.02 Å². The molecule has 1 aromatic carbocycles. The van der Waals surface area contributed by atoms with Crippen molar-refractivity contribution in [3.05, 3.63) is 28.8 Å².